The number of esters is 1. The third-order valence-electron chi connectivity index (χ3n) is 2.71. The molecule has 18 heavy (non-hydrogen) atoms. The van der Waals surface area contributed by atoms with Crippen molar-refractivity contribution in [1.82, 2.24) is 9.55 Å². The Labute approximate surface area is 114 Å². The molecule has 0 saturated heterocycles. The molecule has 0 radical (unpaired) electrons. The van der Waals surface area contributed by atoms with Crippen LogP contribution < -0.4 is 0 Å². The molecule has 1 heterocycles. The monoisotopic (exact) mass is 308 g/mol. The van der Waals surface area contributed by atoms with E-state index in [0.717, 1.165) is 15.9 Å². The Morgan fingerprint density at radius 1 is 1.50 bits per heavy atom. The molecule has 1 atom stereocenters. The average Bonchev–Trinajstić information content (AvgIpc) is 2.86. The van der Waals surface area contributed by atoms with Gasteiger partial charge in [0.05, 0.1) is 7.11 Å². The molecule has 0 fully saturated rings. The molecule has 0 N–H and O–H groups in total. The highest BCUT2D eigenvalue weighted by Crippen LogP contribution is 2.24. The molecule has 2 aromatic rings. The molecule has 2 rings (SSSR count). The van der Waals surface area contributed by atoms with E-state index in [2.05, 4.69) is 20.9 Å². The first-order valence-electron chi connectivity index (χ1n) is 5.50. The van der Waals surface area contributed by atoms with E-state index >= 15 is 0 Å². The number of hydrogen-bond donors (Lipinski definition) is 0. The van der Waals surface area contributed by atoms with E-state index in [0.29, 0.717) is 0 Å². The van der Waals surface area contributed by atoms with Gasteiger partial charge in [0.25, 0.3) is 0 Å². The van der Waals surface area contributed by atoms with Gasteiger partial charge >= 0.3 is 5.97 Å². The smallest absolute Gasteiger partial charge is 0.328 e. The molecule has 0 aliphatic rings. The highest BCUT2D eigenvalue weighted by atomic mass is 79.9. The summed E-state index contributed by atoms with van der Waals surface area (Å²) in [5.41, 5.74) is 0.949. The van der Waals surface area contributed by atoms with E-state index in [9.17, 15) is 4.79 Å². The molecule has 0 amide bonds. The van der Waals surface area contributed by atoms with Crippen molar-refractivity contribution in [3.63, 3.8) is 0 Å². The molecule has 5 heteroatoms. The minimum atomic E-state index is -0.397. The largest absolute Gasteiger partial charge is 0.467 e. The van der Waals surface area contributed by atoms with Gasteiger partial charge in [0.1, 0.15) is 11.9 Å². The standard InChI is InChI=1S/C13H13BrN2O2/c1-9(13(17)18-2)16-7-6-15-12(16)10-4-3-5-11(14)8-10/h3-9H,1-2H3. The predicted molar refractivity (Wildman–Crippen MR) is 72.1 cm³/mol. The minimum Gasteiger partial charge on any atom is -0.467 e. The molecule has 0 bridgehead atoms. The second kappa shape index (κ2) is 5.35. The van der Waals surface area contributed by atoms with Gasteiger partial charge in [0, 0.05) is 22.4 Å². The molecule has 1 aromatic carbocycles. The summed E-state index contributed by atoms with van der Waals surface area (Å²) in [6.45, 7) is 1.79. The fourth-order valence-corrected chi connectivity index (χ4v) is 2.16. The van der Waals surface area contributed by atoms with Crippen molar-refractivity contribution in [1.29, 1.82) is 0 Å². The summed E-state index contributed by atoms with van der Waals surface area (Å²) in [6.07, 6.45) is 3.45. The molecule has 94 valence electrons. The first-order chi connectivity index (χ1) is 8.63. The summed E-state index contributed by atoms with van der Waals surface area (Å²) in [6, 6.07) is 7.39. The summed E-state index contributed by atoms with van der Waals surface area (Å²) in [7, 11) is 1.38. The third-order valence-corrected chi connectivity index (χ3v) is 3.20. The normalized spacial score (nSPS) is 12.2. The lowest BCUT2D eigenvalue weighted by atomic mass is 10.2. The lowest BCUT2D eigenvalue weighted by molar-refractivity contribution is -0.143. The fraction of sp³-hybridized carbons (Fsp3) is 0.231. The number of nitrogens with zero attached hydrogens (tertiary/aromatic N) is 2. The van der Waals surface area contributed by atoms with Crippen molar-refractivity contribution in [2.24, 2.45) is 0 Å². The van der Waals surface area contributed by atoms with E-state index in [-0.39, 0.29) is 5.97 Å². The average molecular weight is 309 g/mol. The maximum absolute atomic E-state index is 11.6. The molecule has 4 nitrogen and oxygen atoms in total. The Hall–Kier alpha value is -1.62. The number of halogens is 1. The number of aromatic nitrogens is 2. The van der Waals surface area contributed by atoms with Gasteiger partial charge in [-0.1, -0.05) is 28.1 Å². The van der Waals surface area contributed by atoms with Crippen LogP contribution >= 0.6 is 15.9 Å². The van der Waals surface area contributed by atoms with E-state index < -0.39 is 6.04 Å². The summed E-state index contributed by atoms with van der Waals surface area (Å²) >= 11 is 3.42. The van der Waals surface area contributed by atoms with Crippen LogP contribution in [-0.4, -0.2) is 22.6 Å². The van der Waals surface area contributed by atoms with Crippen LogP contribution in [0.25, 0.3) is 11.4 Å². The van der Waals surface area contributed by atoms with Crippen LogP contribution in [0.15, 0.2) is 41.1 Å². The lowest BCUT2D eigenvalue weighted by Crippen LogP contribution is -2.18. The third kappa shape index (κ3) is 2.46. The summed E-state index contributed by atoms with van der Waals surface area (Å²) < 4.78 is 7.53. The molecule has 0 saturated carbocycles. The van der Waals surface area contributed by atoms with Crippen LogP contribution in [0.5, 0.6) is 0 Å². The van der Waals surface area contributed by atoms with Gasteiger partial charge in [-0.15, -0.1) is 0 Å². The van der Waals surface area contributed by atoms with Crippen LogP contribution in [0.3, 0.4) is 0 Å². The molecule has 1 unspecified atom stereocenters. The van der Waals surface area contributed by atoms with E-state index in [4.69, 9.17) is 4.74 Å². The van der Waals surface area contributed by atoms with Crippen LogP contribution in [0.1, 0.15) is 13.0 Å². The Morgan fingerprint density at radius 3 is 2.94 bits per heavy atom. The van der Waals surface area contributed by atoms with E-state index in [1.54, 1.807) is 23.9 Å². The van der Waals surface area contributed by atoms with Gasteiger partial charge < -0.3 is 9.30 Å². The predicted octanol–water partition coefficient (Wildman–Crippen LogP) is 3.05. The van der Waals surface area contributed by atoms with Crippen molar-refractivity contribution in [3.05, 3.63) is 41.1 Å². The zero-order valence-electron chi connectivity index (χ0n) is 10.1. The Morgan fingerprint density at radius 2 is 2.28 bits per heavy atom. The highest BCUT2D eigenvalue weighted by Gasteiger charge is 2.18. The van der Waals surface area contributed by atoms with Gasteiger partial charge in [0.15, 0.2) is 0 Å². The maximum atomic E-state index is 11.6. The fourth-order valence-electron chi connectivity index (χ4n) is 1.76. The minimum absolute atomic E-state index is 0.288. The second-order valence-corrected chi connectivity index (χ2v) is 4.78. The number of carbonyl (C=O) groups excluding carboxylic acids is 1. The molecular formula is C13H13BrN2O2. The summed E-state index contributed by atoms with van der Waals surface area (Å²) in [5.74, 6) is 0.457. The number of hydrogen-bond acceptors (Lipinski definition) is 3. The molecule has 1 aromatic heterocycles. The molecular weight excluding hydrogens is 296 g/mol. The van der Waals surface area contributed by atoms with Crippen molar-refractivity contribution >= 4 is 21.9 Å². The van der Waals surface area contributed by atoms with Gasteiger partial charge in [0.2, 0.25) is 0 Å². The van der Waals surface area contributed by atoms with Crippen LogP contribution in [0.4, 0.5) is 0 Å². The number of methoxy groups -OCH3 is 1. The molecule has 0 spiro atoms. The maximum Gasteiger partial charge on any atom is 0.328 e. The van der Waals surface area contributed by atoms with Crippen molar-refractivity contribution in [2.45, 2.75) is 13.0 Å². The lowest BCUT2D eigenvalue weighted by Gasteiger charge is -2.14. The number of benzene rings is 1. The number of carbonyl (C=O) groups is 1. The Balaban J connectivity index is 2.42. The van der Waals surface area contributed by atoms with Crippen molar-refractivity contribution in [2.75, 3.05) is 7.11 Å². The highest BCUT2D eigenvalue weighted by molar-refractivity contribution is 9.10. The SMILES string of the molecule is COC(=O)C(C)n1ccnc1-c1cccc(Br)c1. The zero-order valence-corrected chi connectivity index (χ0v) is 11.7. The summed E-state index contributed by atoms with van der Waals surface area (Å²) in [5, 5.41) is 0. The Kier molecular flexibility index (Phi) is 3.81. The van der Waals surface area contributed by atoms with E-state index in [1.807, 2.05) is 24.3 Å². The second-order valence-electron chi connectivity index (χ2n) is 3.87. The molecule has 0 aliphatic heterocycles. The van der Waals surface area contributed by atoms with Gasteiger partial charge in [-0.2, -0.15) is 0 Å². The summed E-state index contributed by atoms with van der Waals surface area (Å²) in [4.78, 5) is 15.9. The number of rotatable bonds is 3. The number of ether oxygens (including phenoxy) is 1. The van der Waals surface area contributed by atoms with Crippen molar-refractivity contribution < 1.29 is 9.53 Å². The van der Waals surface area contributed by atoms with Crippen molar-refractivity contribution in [3.8, 4) is 11.4 Å². The van der Waals surface area contributed by atoms with Gasteiger partial charge in [-0.25, -0.2) is 9.78 Å². The van der Waals surface area contributed by atoms with Crippen LogP contribution in [-0.2, 0) is 9.53 Å². The van der Waals surface area contributed by atoms with Crippen LogP contribution in [0, 0.1) is 0 Å². The quantitative estimate of drug-likeness (QED) is 0.819. The topological polar surface area (TPSA) is 44.1 Å². The zero-order chi connectivity index (χ0) is 13.1. The first-order valence-corrected chi connectivity index (χ1v) is 6.29. The van der Waals surface area contributed by atoms with Crippen LogP contribution in [0.2, 0.25) is 0 Å². The first kappa shape index (κ1) is 12.8. The van der Waals surface area contributed by atoms with Gasteiger partial charge in [-0.3, -0.25) is 0 Å². The number of imidazole rings is 1. The van der Waals surface area contributed by atoms with E-state index in [1.165, 1.54) is 7.11 Å². The Bertz CT molecular complexity index is 566. The van der Waals surface area contributed by atoms with Gasteiger partial charge in [-0.05, 0) is 19.1 Å². The molecule has 0 aliphatic carbocycles.